The molecular formula is C11H12N2O3. The fourth-order valence-electron chi connectivity index (χ4n) is 0.959. The van der Waals surface area contributed by atoms with E-state index in [0.717, 1.165) is 0 Å². The lowest BCUT2D eigenvalue weighted by atomic mass is 10.3. The van der Waals surface area contributed by atoms with Crippen molar-refractivity contribution < 1.29 is 14.7 Å². The Morgan fingerprint density at radius 1 is 1.50 bits per heavy atom. The Bertz CT molecular complexity index is 401. The van der Waals surface area contributed by atoms with Crippen LogP contribution in [0.5, 0.6) is 0 Å². The van der Waals surface area contributed by atoms with Gasteiger partial charge in [0.1, 0.15) is 6.04 Å². The van der Waals surface area contributed by atoms with Gasteiger partial charge in [0.2, 0.25) is 5.91 Å². The predicted octanol–water partition coefficient (Wildman–Crippen LogP) is 0.684. The summed E-state index contributed by atoms with van der Waals surface area (Å²) >= 11 is 0. The summed E-state index contributed by atoms with van der Waals surface area (Å²) in [6.45, 7) is 1.40. The number of carboxylic acid groups (broad SMARTS) is 1. The van der Waals surface area contributed by atoms with E-state index in [0.29, 0.717) is 5.69 Å². The maximum Gasteiger partial charge on any atom is 0.325 e. The van der Waals surface area contributed by atoms with Crippen molar-refractivity contribution >= 4 is 18.0 Å². The molecule has 0 saturated carbocycles. The van der Waals surface area contributed by atoms with Gasteiger partial charge in [-0.25, -0.2) is 0 Å². The maximum absolute atomic E-state index is 11.2. The van der Waals surface area contributed by atoms with Gasteiger partial charge >= 0.3 is 5.97 Å². The van der Waals surface area contributed by atoms with Crippen LogP contribution in [0.25, 0.3) is 6.08 Å². The number of carbonyl (C=O) groups is 2. The topological polar surface area (TPSA) is 79.3 Å². The standard InChI is InChI=1S/C11H12N2O3/c1-8(11(15)16)13-10(14)6-5-9-4-2-3-7-12-9/h2-8H,1H3,(H,13,14)(H,15,16)/b6-5+/t8-/m1/s1. The second-order valence-corrected chi connectivity index (χ2v) is 3.16. The molecular weight excluding hydrogens is 208 g/mol. The Morgan fingerprint density at radius 2 is 2.25 bits per heavy atom. The van der Waals surface area contributed by atoms with E-state index in [1.54, 1.807) is 24.4 Å². The van der Waals surface area contributed by atoms with E-state index >= 15 is 0 Å². The van der Waals surface area contributed by atoms with Crippen molar-refractivity contribution in [1.82, 2.24) is 10.3 Å². The van der Waals surface area contributed by atoms with Gasteiger partial charge in [-0.15, -0.1) is 0 Å². The monoisotopic (exact) mass is 220 g/mol. The lowest BCUT2D eigenvalue weighted by Gasteiger charge is -2.05. The number of amides is 1. The van der Waals surface area contributed by atoms with Crippen molar-refractivity contribution in [3.63, 3.8) is 0 Å². The quantitative estimate of drug-likeness (QED) is 0.731. The van der Waals surface area contributed by atoms with Crippen molar-refractivity contribution in [2.45, 2.75) is 13.0 Å². The zero-order valence-corrected chi connectivity index (χ0v) is 8.75. The average Bonchev–Trinajstić information content (AvgIpc) is 2.27. The minimum atomic E-state index is -1.07. The Hall–Kier alpha value is -2.17. The summed E-state index contributed by atoms with van der Waals surface area (Å²) in [5.74, 6) is -1.53. The smallest absolute Gasteiger partial charge is 0.325 e. The van der Waals surface area contributed by atoms with Gasteiger partial charge in [-0.05, 0) is 25.1 Å². The van der Waals surface area contributed by atoms with Crippen LogP contribution >= 0.6 is 0 Å². The first-order valence-electron chi connectivity index (χ1n) is 4.72. The van der Waals surface area contributed by atoms with Crippen LogP contribution in [0.15, 0.2) is 30.5 Å². The van der Waals surface area contributed by atoms with Crippen LogP contribution in [0, 0.1) is 0 Å². The summed E-state index contributed by atoms with van der Waals surface area (Å²) in [6.07, 6.45) is 4.38. The Kier molecular flexibility index (Phi) is 4.20. The molecule has 2 N–H and O–H groups in total. The van der Waals surface area contributed by atoms with Crippen LogP contribution in [0.2, 0.25) is 0 Å². The minimum Gasteiger partial charge on any atom is -0.480 e. The third kappa shape index (κ3) is 3.91. The lowest BCUT2D eigenvalue weighted by Crippen LogP contribution is -2.37. The van der Waals surface area contributed by atoms with Crippen LogP contribution < -0.4 is 5.32 Å². The number of rotatable bonds is 4. The Labute approximate surface area is 92.8 Å². The highest BCUT2D eigenvalue weighted by molar-refractivity contribution is 5.94. The minimum absolute atomic E-state index is 0.458. The number of hydrogen-bond donors (Lipinski definition) is 2. The molecule has 0 aliphatic rings. The molecule has 5 heteroatoms. The maximum atomic E-state index is 11.2. The van der Waals surface area contributed by atoms with Crippen LogP contribution in [0.3, 0.4) is 0 Å². The average molecular weight is 220 g/mol. The van der Waals surface area contributed by atoms with E-state index in [-0.39, 0.29) is 0 Å². The number of aromatic nitrogens is 1. The molecule has 16 heavy (non-hydrogen) atoms. The first kappa shape index (κ1) is 11.9. The van der Waals surface area contributed by atoms with E-state index in [4.69, 9.17) is 5.11 Å². The van der Waals surface area contributed by atoms with Gasteiger partial charge in [0, 0.05) is 12.3 Å². The molecule has 0 fully saturated rings. The number of carboxylic acids is 1. The fourth-order valence-corrected chi connectivity index (χ4v) is 0.959. The van der Waals surface area contributed by atoms with Gasteiger partial charge in [-0.2, -0.15) is 0 Å². The van der Waals surface area contributed by atoms with Gasteiger partial charge < -0.3 is 10.4 Å². The van der Waals surface area contributed by atoms with Gasteiger partial charge in [0.25, 0.3) is 0 Å². The number of hydrogen-bond acceptors (Lipinski definition) is 3. The molecule has 0 radical (unpaired) electrons. The summed E-state index contributed by atoms with van der Waals surface area (Å²) in [4.78, 5) is 25.7. The van der Waals surface area contributed by atoms with Crippen molar-refractivity contribution in [2.75, 3.05) is 0 Å². The number of carbonyl (C=O) groups excluding carboxylic acids is 1. The van der Waals surface area contributed by atoms with Crippen molar-refractivity contribution in [3.8, 4) is 0 Å². The van der Waals surface area contributed by atoms with Gasteiger partial charge in [-0.1, -0.05) is 6.07 Å². The largest absolute Gasteiger partial charge is 0.480 e. The van der Waals surface area contributed by atoms with Gasteiger partial charge in [0.15, 0.2) is 0 Å². The molecule has 1 atom stereocenters. The first-order valence-corrected chi connectivity index (χ1v) is 4.72. The van der Waals surface area contributed by atoms with Crippen LogP contribution in [0.4, 0.5) is 0 Å². The molecule has 0 aliphatic heterocycles. The summed E-state index contributed by atoms with van der Waals surface area (Å²) in [7, 11) is 0. The number of aliphatic carboxylic acids is 1. The van der Waals surface area contributed by atoms with Crippen LogP contribution in [-0.4, -0.2) is 28.0 Å². The number of nitrogens with one attached hydrogen (secondary N) is 1. The summed E-state index contributed by atoms with van der Waals surface area (Å²) < 4.78 is 0. The lowest BCUT2D eigenvalue weighted by molar-refractivity contribution is -0.140. The molecule has 1 heterocycles. The van der Waals surface area contributed by atoms with E-state index in [9.17, 15) is 9.59 Å². The molecule has 5 nitrogen and oxygen atoms in total. The van der Waals surface area contributed by atoms with Gasteiger partial charge in [-0.3, -0.25) is 14.6 Å². The molecule has 0 bridgehead atoms. The highest BCUT2D eigenvalue weighted by Crippen LogP contribution is 1.95. The Morgan fingerprint density at radius 3 is 2.81 bits per heavy atom. The Balaban J connectivity index is 2.52. The SMILES string of the molecule is C[C@@H](NC(=O)/C=C/c1ccccn1)C(=O)O. The molecule has 0 saturated heterocycles. The highest BCUT2D eigenvalue weighted by atomic mass is 16.4. The van der Waals surface area contributed by atoms with E-state index in [1.807, 2.05) is 0 Å². The molecule has 1 aromatic rings. The summed E-state index contributed by atoms with van der Waals surface area (Å²) in [6, 6.07) is 4.40. The molecule has 1 amide bonds. The molecule has 84 valence electrons. The molecule has 0 aliphatic carbocycles. The van der Waals surface area contributed by atoms with E-state index in [1.165, 1.54) is 19.1 Å². The van der Waals surface area contributed by atoms with E-state index < -0.39 is 17.9 Å². The van der Waals surface area contributed by atoms with Crippen LogP contribution in [-0.2, 0) is 9.59 Å². The predicted molar refractivity (Wildman–Crippen MR) is 58.5 cm³/mol. The van der Waals surface area contributed by atoms with E-state index in [2.05, 4.69) is 10.3 Å². The molecule has 0 unspecified atom stereocenters. The second kappa shape index (κ2) is 5.65. The third-order valence-electron chi connectivity index (χ3n) is 1.82. The summed E-state index contributed by atoms with van der Waals surface area (Å²) in [5.41, 5.74) is 0.639. The summed E-state index contributed by atoms with van der Waals surface area (Å²) in [5, 5.41) is 10.9. The number of pyridine rings is 1. The second-order valence-electron chi connectivity index (χ2n) is 3.16. The molecule has 1 aromatic heterocycles. The first-order chi connectivity index (χ1) is 7.59. The van der Waals surface area contributed by atoms with Crippen LogP contribution in [0.1, 0.15) is 12.6 Å². The molecule has 1 rings (SSSR count). The molecule has 0 aromatic carbocycles. The van der Waals surface area contributed by atoms with Crippen molar-refractivity contribution in [3.05, 3.63) is 36.2 Å². The van der Waals surface area contributed by atoms with Gasteiger partial charge in [0.05, 0.1) is 5.69 Å². The fraction of sp³-hybridized carbons (Fsp3) is 0.182. The zero-order valence-electron chi connectivity index (χ0n) is 8.75. The molecule has 0 spiro atoms. The zero-order chi connectivity index (χ0) is 12.0. The number of nitrogens with zero attached hydrogens (tertiary/aromatic N) is 1. The van der Waals surface area contributed by atoms with Crippen molar-refractivity contribution in [2.24, 2.45) is 0 Å². The van der Waals surface area contributed by atoms with Crippen molar-refractivity contribution in [1.29, 1.82) is 0 Å². The normalized spacial score (nSPS) is 12.3. The highest BCUT2D eigenvalue weighted by Gasteiger charge is 2.11. The third-order valence-corrected chi connectivity index (χ3v) is 1.82.